The molecule has 0 aromatic heterocycles. The molecular weight excluding hydrogens is 397 g/mol. The van der Waals surface area contributed by atoms with Crippen LogP contribution in [0.15, 0.2) is 51.4 Å². The van der Waals surface area contributed by atoms with Crippen LogP contribution in [-0.4, -0.2) is 6.54 Å². The molecule has 0 saturated heterocycles. The van der Waals surface area contributed by atoms with Gasteiger partial charge < -0.3 is 5.32 Å². The van der Waals surface area contributed by atoms with E-state index in [-0.39, 0.29) is 11.9 Å². The summed E-state index contributed by atoms with van der Waals surface area (Å²) in [6, 6.07) is 13.4. The summed E-state index contributed by atoms with van der Waals surface area (Å²) in [7, 11) is 0. The predicted molar refractivity (Wildman–Crippen MR) is 93.0 cm³/mol. The molecule has 0 amide bonds. The van der Waals surface area contributed by atoms with Gasteiger partial charge in [0, 0.05) is 15.0 Å². The van der Waals surface area contributed by atoms with E-state index in [1.807, 2.05) is 30.3 Å². The van der Waals surface area contributed by atoms with Crippen molar-refractivity contribution in [2.45, 2.75) is 25.8 Å². The van der Waals surface area contributed by atoms with Crippen molar-refractivity contribution in [3.05, 3.63) is 68.4 Å². The minimum absolute atomic E-state index is 0.0937. The summed E-state index contributed by atoms with van der Waals surface area (Å²) >= 11 is 6.89. The molecule has 112 valence electrons. The molecule has 0 aliphatic rings. The van der Waals surface area contributed by atoms with Crippen LogP contribution in [0.1, 0.15) is 30.5 Å². The van der Waals surface area contributed by atoms with Crippen molar-refractivity contribution in [1.82, 2.24) is 5.32 Å². The Hall–Kier alpha value is -0.710. The minimum Gasteiger partial charge on any atom is -0.310 e. The van der Waals surface area contributed by atoms with Crippen LogP contribution in [0.5, 0.6) is 0 Å². The van der Waals surface area contributed by atoms with Gasteiger partial charge in [0.1, 0.15) is 5.82 Å². The molecule has 2 aromatic carbocycles. The molecule has 0 bridgehead atoms. The molecule has 1 nitrogen and oxygen atoms in total. The quantitative estimate of drug-likeness (QED) is 0.645. The summed E-state index contributed by atoms with van der Waals surface area (Å²) in [5.41, 5.74) is 1.89. The normalized spacial score (nSPS) is 12.4. The van der Waals surface area contributed by atoms with E-state index in [0.29, 0.717) is 6.42 Å². The Labute approximate surface area is 142 Å². The van der Waals surface area contributed by atoms with Crippen LogP contribution in [0.2, 0.25) is 0 Å². The molecule has 4 heteroatoms. The SMILES string of the molecule is CCCNC(Cc1ccc(Br)cc1F)c1ccccc1Br. The Morgan fingerprint density at radius 3 is 2.57 bits per heavy atom. The highest BCUT2D eigenvalue weighted by Gasteiger charge is 2.16. The second-order valence-corrected chi connectivity index (χ2v) is 6.74. The maximum Gasteiger partial charge on any atom is 0.127 e. The largest absolute Gasteiger partial charge is 0.310 e. The molecule has 2 rings (SSSR count). The Morgan fingerprint density at radius 2 is 1.90 bits per heavy atom. The molecule has 0 heterocycles. The molecule has 21 heavy (non-hydrogen) atoms. The van der Waals surface area contributed by atoms with Gasteiger partial charge in [0.15, 0.2) is 0 Å². The summed E-state index contributed by atoms with van der Waals surface area (Å²) in [4.78, 5) is 0. The Kier molecular flexibility index (Phi) is 6.40. The lowest BCUT2D eigenvalue weighted by Gasteiger charge is -2.21. The highest BCUT2D eigenvalue weighted by atomic mass is 79.9. The lowest BCUT2D eigenvalue weighted by Crippen LogP contribution is -2.24. The third-order valence-electron chi connectivity index (χ3n) is 3.36. The summed E-state index contributed by atoms with van der Waals surface area (Å²) in [5, 5.41) is 3.51. The third kappa shape index (κ3) is 4.63. The van der Waals surface area contributed by atoms with Gasteiger partial charge in [-0.15, -0.1) is 0 Å². The van der Waals surface area contributed by atoms with E-state index >= 15 is 0 Å². The van der Waals surface area contributed by atoms with Gasteiger partial charge in [-0.1, -0.05) is 63.0 Å². The summed E-state index contributed by atoms with van der Waals surface area (Å²) in [6.45, 7) is 3.04. The molecule has 2 aromatic rings. The number of benzene rings is 2. The second kappa shape index (κ2) is 8.06. The number of hydrogen-bond acceptors (Lipinski definition) is 1. The van der Waals surface area contributed by atoms with Crippen molar-refractivity contribution in [1.29, 1.82) is 0 Å². The fraction of sp³-hybridized carbons (Fsp3) is 0.294. The van der Waals surface area contributed by atoms with E-state index < -0.39 is 0 Å². The van der Waals surface area contributed by atoms with E-state index in [2.05, 4.69) is 50.2 Å². The Balaban J connectivity index is 2.26. The number of rotatable bonds is 6. The van der Waals surface area contributed by atoms with Crippen molar-refractivity contribution in [2.75, 3.05) is 6.54 Å². The lowest BCUT2D eigenvalue weighted by molar-refractivity contribution is 0.511. The van der Waals surface area contributed by atoms with Crippen molar-refractivity contribution in [3.63, 3.8) is 0 Å². The number of halogens is 3. The van der Waals surface area contributed by atoms with Crippen molar-refractivity contribution >= 4 is 31.9 Å². The minimum atomic E-state index is -0.167. The zero-order valence-electron chi connectivity index (χ0n) is 11.9. The average Bonchev–Trinajstić information content (AvgIpc) is 2.46. The van der Waals surface area contributed by atoms with Gasteiger partial charge in [0.25, 0.3) is 0 Å². The van der Waals surface area contributed by atoms with E-state index in [4.69, 9.17) is 0 Å². The Bertz CT molecular complexity index is 601. The molecule has 0 aliphatic carbocycles. The maximum atomic E-state index is 14.1. The van der Waals surface area contributed by atoms with Crippen LogP contribution < -0.4 is 5.32 Å². The van der Waals surface area contributed by atoms with Crippen molar-refractivity contribution in [2.24, 2.45) is 0 Å². The predicted octanol–water partition coefficient (Wildman–Crippen LogP) is 5.63. The first kappa shape index (κ1) is 16.7. The average molecular weight is 415 g/mol. The van der Waals surface area contributed by atoms with Gasteiger partial charge in [-0.3, -0.25) is 0 Å². The molecule has 1 N–H and O–H groups in total. The van der Waals surface area contributed by atoms with Crippen LogP contribution in [0.3, 0.4) is 0 Å². The van der Waals surface area contributed by atoms with E-state index in [9.17, 15) is 4.39 Å². The molecule has 0 radical (unpaired) electrons. The lowest BCUT2D eigenvalue weighted by atomic mass is 9.98. The highest BCUT2D eigenvalue weighted by molar-refractivity contribution is 9.10. The van der Waals surface area contributed by atoms with E-state index in [1.165, 1.54) is 6.07 Å². The van der Waals surface area contributed by atoms with Crippen LogP contribution in [0, 0.1) is 5.82 Å². The first-order chi connectivity index (χ1) is 10.1. The van der Waals surface area contributed by atoms with Gasteiger partial charge in [0.05, 0.1) is 0 Å². The maximum absolute atomic E-state index is 14.1. The molecule has 0 fully saturated rings. The van der Waals surface area contributed by atoms with E-state index in [1.54, 1.807) is 0 Å². The zero-order valence-corrected chi connectivity index (χ0v) is 15.0. The summed E-state index contributed by atoms with van der Waals surface area (Å²) in [6.07, 6.45) is 1.67. The summed E-state index contributed by atoms with van der Waals surface area (Å²) < 4.78 is 15.9. The summed E-state index contributed by atoms with van der Waals surface area (Å²) in [5.74, 6) is -0.167. The van der Waals surface area contributed by atoms with Gasteiger partial charge in [0.2, 0.25) is 0 Å². The molecule has 0 saturated carbocycles. The molecule has 1 unspecified atom stereocenters. The topological polar surface area (TPSA) is 12.0 Å². The fourth-order valence-corrected chi connectivity index (χ4v) is 3.17. The van der Waals surface area contributed by atoms with Crippen LogP contribution in [-0.2, 0) is 6.42 Å². The molecule has 0 spiro atoms. The third-order valence-corrected chi connectivity index (χ3v) is 4.58. The fourth-order valence-electron chi connectivity index (χ4n) is 2.28. The van der Waals surface area contributed by atoms with Gasteiger partial charge in [-0.2, -0.15) is 0 Å². The Morgan fingerprint density at radius 1 is 1.14 bits per heavy atom. The van der Waals surface area contributed by atoms with E-state index in [0.717, 1.165) is 33.0 Å². The molecule has 0 aliphatic heterocycles. The molecular formula is C17H18Br2FN. The first-order valence-electron chi connectivity index (χ1n) is 7.03. The van der Waals surface area contributed by atoms with Crippen molar-refractivity contribution < 1.29 is 4.39 Å². The van der Waals surface area contributed by atoms with Crippen molar-refractivity contribution in [3.8, 4) is 0 Å². The molecule has 1 atom stereocenters. The monoisotopic (exact) mass is 413 g/mol. The van der Waals surface area contributed by atoms with Crippen LogP contribution >= 0.6 is 31.9 Å². The standard InChI is InChI=1S/C17H18Br2FN/c1-2-9-21-17(14-5-3-4-6-15(14)19)10-12-7-8-13(18)11-16(12)20/h3-8,11,17,21H,2,9-10H2,1H3. The van der Waals surface area contributed by atoms with Gasteiger partial charge in [-0.25, -0.2) is 4.39 Å². The van der Waals surface area contributed by atoms with Crippen LogP contribution in [0.4, 0.5) is 4.39 Å². The first-order valence-corrected chi connectivity index (χ1v) is 8.62. The number of nitrogens with one attached hydrogen (secondary N) is 1. The van der Waals surface area contributed by atoms with Gasteiger partial charge in [-0.05, 0) is 48.7 Å². The van der Waals surface area contributed by atoms with Crippen LogP contribution in [0.25, 0.3) is 0 Å². The smallest absolute Gasteiger partial charge is 0.127 e. The number of hydrogen-bond donors (Lipinski definition) is 1. The highest BCUT2D eigenvalue weighted by Crippen LogP contribution is 2.27. The second-order valence-electron chi connectivity index (χ2n) is 4.97. The zero-order chi connectivity index (χ0) is 15.2. The van der Waals surface area contributed by atoms with Gasteiger partial charge >= 0.3 is 0 Å².